The van der Waals surface area contributed by atoms with Gasteiger partial charge in [-0.05, 0) is 24.6 Å². The maximum Gasteiger partial charge on any atom is 0.303 e. The van der Waals surface area contributed by atoms with Gasteiger partial charge in [0.05, 0.1) is 0 Å². The Labute approximate surface area is 138 Å². The second kappa shape index (κ2) is 10.0. The summed E-state index contributed by atoms with van der Waals surface area (Å²) in [6.45, 7) is 5.51. The Kier molecular flexibility index (Phi) is 9.62. The minimum absolute atomic E-state index is 0. The van der Waals surface area contributed by atoms with Crippen LogP contribution >= 0.6 is 24.8 Å². The fourth-order valence-corrected chi connectivity index (χ4v) is 2.33. The summed E-state index contributed by atoms with van der Waals surface area (Å²) >= 11 is 0. The van der Waals surface area contributed by atoms with Gasteiger partial charge in [-0.2, -0.15) is 0 Å². The van der Waals surface area contributed by atoms with Crippen LogP contribution in [0.15, 0.2) is 24.3 Å². The predicted molar refractivity (Wildman–Crippen MR) is 89.7 cm³/mol. The molecule has 0 radical (unpaired) electrons. The van der Waals surface area contributed by atoms with Crippen molar-refractivity contribution in [2.24, 2.45) is 0 Å². The first-order chi connectivity index (χ1) is 9.13. The molecular weight excluding hydrogens is 311 g/mol. The monoisotopic (exact) mass is 334 g/mol. The summed E-state index contributed by atoms with van der Waals surface area (Å²) in [7, 11) is 2.16. The van der Waals surface area contributed by atoms with E-state index in [4.69, 9.17) is 5.11 Å². The van der Waals surface area contributed by atoms with Crippen molar-refractivity contribution in [3.63, 3.8) is 0 Å². The molecule has 1 saturated heterocycles. The standard InChI is InChI=1S/C15H22N2O2.2ClH/c1-16-8-10-17(11-9-16)12-14-4-2-13(3-5-14)6-7-15(18)19;;/h2-5H,6-12H2,1H3,(H,18,19);2*1H. The fraction of sp³-hybridized carbons (Fsp3) is 0.533. The molecule has 1 heterocycles. The highest BCUT2D eigenvalue weighted by Crippen LogP contribution is 2.10. The molecule has 0 unspecified atom stereocenters. The zero-order valence-electron chi connectivity index (χ0n) is 12.3. The number of benzene rings is 1. The lowest BCUT2D eigenvalue weighted by Crippen LogP contribution is -2.43. The number of nitrogens with zero attached hydrogens (tertiary/aromatic N) is 2. The molecule has 0 saturated carbocycles. The van der Waals surface area contributed by atoms with Crippen LogP contribution < -0.4 is 0 Å². The Morgan fingerprint density at radius 2 is 1.57 bits per heavy atom. The maximum absolute atomic E-state index is 10.5. The van der Waals surface area contributed by atoms with Crippen molar-refractivity contribution in [1.29, 1.82) is 0 Å². The molecule has 2 rings (SSSR count). The number of hydrogen-bond acceptors (Lipinski definition) is 3. The fourth-order valence-electron chi connectivity index (χ4n) is 2.33. The number of carboxylic acids is 1. The van der Waals surface area contributed by atoms with Gasteiger partial charge in [0, 0.05) is 39.1 Å². The van der Waals surface area contributed by atoms with Crippen molar-refractivity contribution in [3.05, 3.63) is 35.4 Å². The molecule has 1 aliphatic rings. The highest BCUT2D eigenvalue weighted by atomic mass is 35.5. The molecule has 1 aromatic carbocycles. The Morgan fingerprint density at radius 3 is 2.10 bits per heavy atom. The number of aryl methyl sites for hydroxylation is 1. The third kappa shape index (κ3) is 7.14. The van der Waals surface area contributed by atoms with E-state index in [1.807, 2.05) is 12.1 Å². The van der Waals surface area contributed by atoms with E-state index in [9.17, 15) is 4.79 Å². The quantitative estimate of drug-likeness (QED) is 0.897. The molecule has 21 heavy (non-hydrogen) atoms. The van der Waals surface area contributed by atoms with E-state index in [0.717, 1.165) is 38.3 Å². The van der Waals surface area contributed by atoms with E-state index >= 15 is 0 Å². The van der Waals surface area contributed by atoms with Gasteiger partial charge in [-0.3, -0.25) is 9.69 Å². The zero-order valence-corrected chi connectivity index (χ0v) is 14.0. The van der Waals surface area contributed by atoms with E-state index < -0.39 is 5.97 Å². The Morgan fingerprint density at radius 1 is 1.05 bits per heavy atom. The van der Waals surface area contributed by atoms with Crippen molar-refractivity contribution in [1.82, 2.24) is 9.80 Å². The smallest absolute Gasteiger partial charge is 0.303 e. The summed E-state index contributed by atoms with van der Waals surface area (Å²) in [5.41, 5.74) is 2.41. The van der Waals surface area contributed by atoms with Crippen LogP contribution in [0.3, 0.4) is 0 Å². The van der Waals surface area contributed by atoms with Gasteiger partial charge in [0.25, 0.3) is 0 Å². The minimum atomic E-state index is -0.735. The molecule has 1 fully saturated rings. The highest BCUT2D eigenvalue weighted by Gasteiger charge is 2.13. The van der Waals surface area contributed by atoms with Gasteiger partial charge in [0.2, 0.25) is 0 Å². The van der Waals surface area contributed by atoms with Crippen molar-refractivity contribution < 1.29 is 9.90 Å². The van der Waals surface area contributed by atoms with E-state index in [0.29, 0.717) is 6.42 Å². The lowest BCUT2D eigenvalue weighted by molar-refractivity contribution is -0.136. The van der Waals surface area contributed by atoms with Crippen LogP contribution in [0.2, 0.25) is 0 Å². The summed E-state index contributed by atoms with van der Waals surface area (Å²) in [6.07, 6.45) is 0.821. The first kappa shape index (κ1) is 20.2. The molecule has 6 heteroatoms. The van der Waals surface area contributed by atoms with Gasteiger partial charge >= 0.3 is 5.97 Å². The first-order valence-corrected chi connectivity index (χ1v) is 6.84. The summed E-state index contributed by atoms with van der Waals surface area (Å²) in [4.78, 5) is 15.3. The van der Waals surface area contributed by atoms with Crippen LogP contribution in [-0.4, -0.2) is 54.1 Å². The average molecular weight is 335 g/mol. The van der Waals surface area contributed by atoms with Crippen LogP contribution in [0.1, 0.15) is 17.5 Å². The van der Waals surface area contributed by atoms with Crippen LogP contribution in [0.5, 0.6) is 0 Å². The third-order valence-corrected chi connectivity index (χ3v) is 3.65. The summed E-state index contributed by atoms with van der Waals surface area (Å²) < 4.78 is 0. The predicted octanol–water partition coefficient (Wildman–Crippen LogP) is 2.29. The molecule has 0 aromatic heterocycles. The van der Waals surface area contributed by atoms with Crippen LogP contribution in [0.25, 0.3) is 0 Å². The number of rotatable bonds is 5. The number of likely N-dealkylation sites (N-methyl/N-ethyl adjacent to an activating group) is 1. The molecule has 0 bridgehead atoms. The molecule has 1 aliphatic heterocycles. The van der Waals surface area contributed by atoms with Crippen LogP contribution in [0.4, 0.5) is 0 Å². The number of aliphatic carboxylic acids is 1. The van der Waals surface area contributed by atoms with Gasteiger partial charge in [-0.1, -0.05) is 24.3 Å². The normalized spacial score (nSPS) is 15.9. The van der Waals surface area contributed by atoms with E-state index in [2.05, 4.69) is 29.0 Å². The molecule has 0 spiro atoms. The molecule has 120 valence electrons. The molecule has 1 aromatic rings. The van der Waals surface area contributed by atoms with Gasteiger partial charge in [0.1, 0.15) is 0 Å². The SMILES string of the molecule is CN1CCN(Cc2ccc(CCC(=O)O)cc2)CC1.Cl.Cl. The van der Waals surface area contributed by atoms with Crippen molar-refractivity contribution in [2.75, 3.05) is 33.2 Å². The van der Waals surface area contributed by atoms with Crippen molar-refractivity contribution >= 4 is 30.8 Å². The van der Waals surface area contributed by atoms with Gasteiger partial charge in [-0.25, -0.2) is 0 Å². The Bertz CT molecular complexity index is 418. The van der Waals surface area contributed by atoms with Crippen molar-refractivity contribution in [3.8, 4) is 0 Å². The molecule has 0 atom stereocenters. The third-order valence-electron chi connectivity index (χ3n) is 3.65. The number of hydrogen-bond donors (Lipinski definition) is 1. The molecular formula is C15H24Cl2N2O2. The molecule has 0 amide bonds. The first-order valence-electron chi connectivity index (χ1n) is 6.84. The van der Waals surface area contributed by atoms with Gasteiger partial charge in [0.15, 0.2) is 0 Å². The van der Waals surface area contributed by atoms with Crippen LogP contribution in [0, 0.1) is 0 Å². The number of piperazine rings is 1. The summed E-state index contributed by atoms with van der Waals surface area (Å²) in [5.74, 6) is -0.735. The summed E-state index contributed by atoms with van der Waals surface area (Å²) in [5, 5.41) is 8.66. The largest absolute Gasteiger partial charge is 0.481 e. The highest BCUT2D eigenvalue weighted by molar-refractivity contribution is 5.85. The van der Waals surface area contributed by atoms with Gasteiger partial charge in [-0.15, -0.1) is 24.8 Å². The second-order valence-corrected chi connectivity index (χ2v) is 5.29. The maximum atomic E-state index is 10.5. The Balaban J connectivity index is 0.00000200. The lowest BCUT2D eigenvalue weighted by atomic mass is 10.1. The number of carbonyl (C=O) groups is 1. The van der Waals surface area contributed by atoms with Gasteiger partial charge < -0.3 is 10.0 Å². The Hall–Kier alpha value is -0.810. The second-order valence-electron chi connectivity index (χ2n) is 5.29. The topological polar surface area (TPSA) is 43.8 Å². The average Bonchev–Trinajstić information content (AvgIpc) is 2.40. The molecule has 4 nitrogen and oxygen atoms in total. The number of carboxylic acid groups (broad SMARTS) is 1. The lowest BCUT2D eigenvalue weighted by Gasteiger charge is -2.32. The van der Waals surface area contributed by atoms with E-state index in [1.165, 1.54) is 5.56 Å². The van der Waals surface area contributed by atoms with Crippen molar-refractivity contribution in [2.45, 2.75) is 19.4 Å². The zero-order chi connectivity index (χ0) is 13.7. The summed E-state index contributed by atoms with van der Waals surface area (Å²) in [6, 6.07) is 8.34. The van der Waals surface area contributed by atoms with Crippen LogP contribution in [-0.2, 0) is 17.8 Å². The van der Waals surface area contributed by atoms with E-state index in [1.54, 1.807) is 0 Å². The minimum Gasteiger partial charge on any atom is -0.481 e. The molecule has 1 N–H and O–H groups in total. The molecule has 0 aliphatic carbocycles. The number of halogens is 2. The van der Waals surface area contributed by atoms with E-state index in [-0.39, 0.29) is 31.2 Å².